The Kier molecular flexibility index (Phi) is 3.48. The molecule has 0 bridgehead atoms. The maximum absolute atomic E-state index is 11.5. The fraction of sp³-hybridized carbons (Fsp3) is 0.800. The van der Waals surface area contributed by atoms with E-state index in [-0.39, 0.29) is 11.7 Å². The lowest BCUT2D eigenvalue weighted by Crippen LogP contribution is -2.31. The van der Waals surface area contributed by atoms with Gasteiger partial charge in [0.2, 0.25) is 0 Å². The molecule has 6 heteroatoms. The van der Waals surface area contributed by atoms with Crippen LogP contribution in [0.25, 0.3) is 0 Å². The molecule has 88 valence electrons. The first-order valence-corrected chi connectivity index (χ1v) is 5.77. The summed E-state index contributed by atoms with van der Waals surface area (Å²) in [6.45, 7) is 3.01. The van der Waals surface area contributed by atoms with E-state index in [4.69, 9.17) is 0 Å². The first-order valence-electron chi connectivity index (χ1n) is 5.77. The smallest absolute Gasteiger partial charge is 0.292 e. The monoisotopic (exact) mass is 223 g/mol. The van der Waals surface area contributed by atoms with Crippen LogP contribution in [0.1, 0.15) is 43.2 Å². The van der Waals surface area contributed by atoms with E-state index < -0.39 is 0 Å². The maximum Gasteiger partial charge on any atom is 0.292 e. The summed E-state index contributed by atoms with van der Waals surface area (Å²) in [5.41, 5.74) is 0. The molecule has 0 aromatic carbocycles. The average Bonchev–Trinajstić information content (AvgIpc) is 2.81. The first-order chi connectivity index (χ1) is 7.75. The van der Waals surface area contributed by atoms with Crippen LogP contribution in [0.5, 0.6) is 0 Å². The summed E-state index contributed by atoms with van der Waals surface area (Å²) in [5, 5.41) is 15.7. The summed E-state index contributed by atoms with van der Waals surface area (Å²) >= 11 is 0. The van der Waals surface area contributed by atoms with Gasteiger partial charge in [0.1, 0.15) is 0 Å². The third-order valence-corrected chi connectivity index (χ3v) is 3.24. The topological polar surface area (TPSA) is 83.6 Å². The number of carbonyl (C=O) groups excluding carboxylic acids is 1. The molecule has 1 aliphatic carbocycles. The second kappa shape index (κ2) is 5.05. The van der Waals surface area contributed by atoms with E-state index >= 15 is 0 Å². The fourth-order valence-corrected chi connectivity index (χ4v) is 2.11. The highest BCUT2D eigenvalue weighted by Crippen LogP contribution is 2.27. The van der Waals surface area contributed by atoms with Crippen LogP contribution in [0, 0.1) is 11.8 Å². The van der Waals surface area contributed by atoms with E-state index in [2.05, 4.69) is 32.9 Å². The third kappa shape index (κ3) is 2.77. The van der Waals surface area contributed by atoms with Gasteiger partial charge in [-0.05, 0) is 29.9 Å². The van der Waals surface area contributed by atoms with Crippen LogP contribution in [0.2, 0.25) is 0 Å². The van der Waals surface area contributed by atoms with Gasteiger partial charge in [-0.25, -0.2) is 0 Å². The molecular formula is C10H17N5O. The number of aromatic nitrogens is 4. The highest BCUT2D eigenvalue weighted by molar-refractivity contribution is 5.89. The van der Waals surface area contributed by atoms with Gasteiger partial charge < -0.3 is 5.32 Å². The Bertz CT molecular complexity index is 329. The lowest BCUT2D eigenvalue weighted by atomic mass is 9.83. The third-order valence-electron chi connectivity index (χ3n) is 3.24. The van der Waals surface area contributed by atoms with Crippen molar-refractivity contribution in [2.45, 2.75) is 32.6 Å². The Balaban J connectivity index is 1.73. The number of nitrogens with one attached hydrogen (secondary N) is 2. The highest BCUT2D eigenvalue weighted by atomic mass is 16.2. The van der Waals surface area contributed by atoms with Crippen molar-refractivity contribution in [1.29, 1.82) is 0 Å². The van der Waals surface area contributed by atoms with E-state index in [0.29, 0.717) is 5.92 Å². The maximum atomic E-state index is 11.5. The number of carbonyl (C=O) groups is 1. The molecule has 16 heavy (non-hydrogen) atoms. The van der Waals surface area contributed by atoms with E-state index in [1.54, 1.807) is 0 Å². The molecule has 2 rings (SSSR count). The van der Waals surface area contributed by atoms with Crippen LogP contribution in [-0.2, 0) is 0 Å². The molecule has 6 nitrogen and oxygen atoms in total. The highest BCUT2D eigenvalue weighted by Gasteiger charge is 2.19. The van der Waals surface area contributed by atoms with Crippen LogP contribution in [0.4, 0.5) is 0 Å². The fourth-order valence-electron chi connectivity index (χ4n) is 2.11. The summed E-state index contributed by atoms with van der Waals surface area (Å²) in [5.74, 6) is 1.31. The molecule has 0 radical (unpaired) electrons. The molecule has 0 atom stereocenters. The second-order valence-electron chi connectivity index (χ2n) is 4.57. The van der Waals surface area contributed by atoms with Crippen LogP contribution in [-0.4, -0.2) is 33.1 Å². The zero-order valence-corrected chi connectivity index (χ0v) is 9.44. The van der Waals surface area contributed by atoms with Gasteiger partial charge in [-0.1, -0.05) is 19.8 Å². The standard InChI is InChI=1S/C10H17N5O/c1-7-2-4-8(5-3-7)6-11-10(16)9-12-14-15-13-9/h7-8H,2-6H2,1H3,(H,11,16)(H,12,13,14,15). The Morgan fingerprint density at radius 3 is 2.81 bits per heavy atom. The second-order valence-corrected chi connectivity index (χ2v) is 4.57. The average molecular weight is 223 g/mol. The largest absolute Gasteiger partial charge is 0.349 e. The predicted octanol–water partition coefficient (Wildman–Crippen LogP) is 0.756. The summed E-state index contributed by atoms with van der Waals surface area (Å²) in [4.78, 5) is 11.5. The molecule has 1 heterocycles. The summed E-state index contributed by atoms with van der Waals surface area (Å²) in [6, 6.07) is 0. The Hall–Kier alpha value is -1.46. The predicted molar refractivity (Wildman–Crippen MR) is 57.6 cm³/mol. The molecule has 0 aliphatic heterocycles. The molecule has 1 aromatic heterocycles. The molecule has 2 N–H and O–H groups in total. The van der Waals surface area contributed by atoms with Crippen LogP contribution in [0.3, 0.4) is 0 Å². The number of tetrazole rings is 1. The van der Waals surface area contributed by atoms with E-state index in [1.807, 2.05) is 0 Å². The van der Waals surface area contributed by atoms with Gasteiger partial charge in [-0.3, -0.25) is 4.79 Å². The van der Waals surface area contributed by atoms with E-state index in [0.717, 1.165) is 12.5 Å². The van der Waals surface area contributed by atoms with Crippen LogP contribution < -0.4 is 5.32 Å². The lowest BCUT2D eigenvalue weighted by Gasteiger charge is -2.25. The quantitative estimate of drug-likeness (QED) is 0.792. The minimum atomic E-state index is -0.243. The van der Waals surface area contributed by atoms with Gasteiger partial charge in [-0.2, -0.15) is 5.21 Å². The zero-order chi connectivity index (χ0) is 11.4. The number of rotatable bonds is 3. The van der Waals surface area contributed by atoms with Crippen molar-refractivity contribution in [2.24, 2.45) is 11.8 Å². The Morgan fingerprint density at radius 1 is 1.44 bits per heavy atom. The van der Waals surface area contributed by atoms with Crippen molar-refractivity contribution in [2.75, 3.05) is 6.54 Å². The number of aromatic amines is 1. The minimum absolute atomic E-state index is 0.115. The lowest BCUT2D eigenvalue weighted by molar-refractivity contribution is 0.0931. The minimum Gasteiger partial charge on any atom is -0.349 e. The van der Waals surface area contributed by atoms with Gasteiger partial charge in [0.25, 0.3) is 11.7 Å². The van der Waals surface area contributed by atoms with Gasteiger partial charge in [0, 0.05) is 6.54 Å². The van der Waals surface area contributed by atoms with Gasteiger partial charge in [0.05, 0.1) is 0 Å². The molecule has 0 unspecified atom stereocenters. The van der Waals surface area contributed by atoms with Crippen molar-refractivity contribution in [1.82, 2.24) is 25.9 Å². The van der Waals surface area contributed by atoms with Crippen molar-refractivity contribution < 1.29 is 4.79 Å². The van der Waals surface area contributed by atoms with Crippen LogP contribution >= 0.6 is 0 Å². The number of hydrogen-bond acceptors (Lipinski definition) is 4. The Labute approximate surface area is 94.2 Å². The molecule has 1 amide bonds. The Morgan fingerprint density at radius 2 is 2.19 bits per heavy atom. The summed E-state index contributed by atoms with van der Waals surface area (Å²) in [7, 11) is 0. The molecule has 1 aliphatic rings. The van der Waals surface area contributed by atoms with E-state index in [9.17, 15) is 4.79 Å². The van der Waals surface area contributed by atoms with Crippen molar-refractivity contribution >= 4 is 5.91 Å². The number of amides is 1. The summed E-state index contributed by atoms with van der Waals surface area (Å²) < 4.78 is 0. The summed E-state index contributed by atoms with van der Waals surface area (Å²) in [6.07, 6.45) is 4.94. The molecule has 0 spiro atoms. The number of H-pyrrole nitrogens is 1. The first kappa shape index (κ1) is 11.0. The van der Waals surface area contributed by atoms with E-state index in [1.165, 1.54) is 25.7 Å². The van der Waals surface area contributed by atoms with Crippen molar-refractivity contribution in [3.8, 4) is 0 Å². The van der Waals surface area contributed by atoms with Gasteiger partial charge in [-0.15, -0.1) is 10.2 Å². The molecule has 1 aromatic rings. The van der Waals surface area contributed by atoms with Crippen molar-refractivity contribution in [3.63, 3.8) is 0 Å². The molecule has 1 saturated carbocycles. The normalized spacial score (nSPS) is 25.3. The number of hydrogen-bond donors (Lipinski definition) is 2. The SMILES string of the molecule is CC1CCC(CNC(=O)c2nn[nH]n2)CC1. The van der Waals surface area contributed by atoms with Gasteiger partial charge in [0.15, 0.2) is 0 Å². The molecule has 1 fully saturated rings. The van der Waals surface area contributed by atoms with Gasteiger partial charge >= 0.3 is 0 Å². The van der Waals surface area contributed by atoms with Crippen LogP contribution in [0.15, 0.2) is 0 Å². The number of nitrogens with zero attached hydrogens (tertiary/aromatic N) is 3. The molecular weight excluding hydrogens is 206 g/mol. The van der Waals surface area contributed by atoms with Crippen molar-refractivity contribution in [3.05, 3.63) is 5.82 Å². The molecule has 0 saturated heterocycles. The zero-order valence-electron chi connectivity index (χ0n) is 9.44.